The number of hydrogen-bond donors (Lipinski definition) is 2. The van der Waals surface area contributed by atoms with Gasteiger partial charge in [0.25, 0.3) is 11.5 Å². The van der Waals surface area contributed by atoms with E-state index in [9.17, 15) is 32.7 Å². The van der Waals surface area contributed by atoms with Gasteiger partial charge in [-0.05, 0) is 79.8 Å². The minimum Gasteiger partial charge on any atom is -0.505 e. The first-order chi connectivity index (χ1) is 24.4. The number of nitrogens with one attached hydrogen (secondary N) is 1. The van der Waals surface area contributed by atoms with E-state index in [2.05, 4.69) is 15.4 Å². The summed E-state index contributed by atoms with van der Waals surface area (Å²) in [6.07, 6.45) is 1.83. The van der Waals surface area contributed by atoms with E-state index in [0.29, 0.717) is 56.1 Å². The summed E-state index contributed by atoms with van der Waals surface area (Å²) in [5.74, 6) is -0.873. The van der Waals surface area contributed by atoms with Crippen LogP contribution in [0.15, 0.2) is 47.4 Å². The molecule has 1 aromatic carbocycles. The first kappa shape index (κ1) is 33.4. The molecule has 2 fully saturated rings. The number of piperidine rings is 1. The molecule has 2 aliphatic carbocycles. The number of amides is 2. The molecular weight excluding hydrogens is 691 g/mol. The van der Waals surface area contributed by atoms with Gasteiger partial charge in [-0.15, -0.1) is 5.10 Å². The first-order valence-corrected chi connectivity index (χ1v) is 17.2. The summed E-state index contributed by atoms with van der Waals surface area (Å²) in [4.78, 5) is 52.6. The molecule has 2 N–H and O–H groups in total. The van der Waals surface area contributed by atoms with Gasteiger partial charge in [0, 0.05) is 35.5 Å². The highest BCUT2D eigenvalue weighted by molar-refractivity contribution is 6.33. The third kappa shape index (κ3) is 5.39. The lowest BCUT2D eigenvalue weighted by molar-refractivity contribution is -0.137. The van der Waals surface area contributed by atoms with E-state index in [1.807, 2.05) is 13.0 Å². The topological polar surface area (TPSA) is 144 Å². The molecule has 3 aromatic heterocycles. The van der Waals surface area contributed by atoms with Gasteiger partial charge < -0.3 is 24.6 Å². The molecule has 0 radical (unpaired) electrons. The lowest BCUT2D eigenvalue weighted by atomic mass is 9.55. The van der Waals surface area contributed by atoms with Crippen molar-refractivity contribution in [3.63, 3.8) is 0 Å². The summed E-state index contributed by atoms with van der Waals surface area (Å²) in [6.45, 7) is 2.85. The summed E-state index contributed by atoms with van der Waals surface area (Å²) < 4.78 is 48.2. The number of anilines is 1. The maximum atomic E-state index is 14.6. The summed E-state index contributed by atoms with van der Waals surface area (Å²) in [6, 6.07) is 5.51. The van der Waals surface area contributed by atoms with E-state index >= 15 is 0 Å². The number of alkyl halides is 3. The Bertz CT molecular complexity index is 2200. The number of benzene rings is 1. The molecule has 16 heteroatoms. The quantitative estimate of drug-likeness (QED) is 0.287. The highest BCUT2D eigenvalue weighted by Gasteiger charge is 2.60. The van der Waals surface area contributed by atoms with Crippen molar-refractivity contribution in [1.82, 2.24) is 29.0 Å². The van der Waals surface area contributed by atoms with Crippen molar-refractivity contribution >= 4 is 40.5 Å². The van der Waals surface area contributed by atoms with Crippen LogP contribution in [0.2, 0.25) is 5.02 Å². The SMILES string of the molecule is C[C@H]1C[C@@]2(CCN(C(=O)c3ncccc3O)[C@H]3CC[C@H]32)c2c1n(CC(=O)Nc1ccc(C(F)(F)F)cc1Cl)c1nc(C3=CCOCC3)nn1c2=O. The molecule has 1 spiro atoms. The zero-order valence-corrected chi connectivity index (χ0v) is 28.2. The molecule has 5 heterocycles. The van der Waals surface area contributed by atoms with Crippen LogP contribution in [0, 0.1) is 5.92 Å². The number of nitrogens with zero attached hydrogens (tertiary/aromatic N) is 6. The zero-order valence-electron chi connectivity index (χ0n) is 27.4. The first-order valence-electron chi connectivity index (χ1n) is 16.8. The third-order valence-electron chi connectivity index (χ3n) is 10.9. The van der Waals surface area contributed by atoms with E-state index in [1.165, 1.54) is 16.8 Å². The Kier molecular flexibility index (Phi) is 7.98. The molecule has 0 bridgehead atoms. The van der Waals surface area contributed by atoms with Gasteiger partial charge in [-0.2, -0.15) is 22.7 Å². The number of fused-ring (bicyclic) bond motifs is 5. The van der Waals surface area contributed by atoms with Crippen LogP contribution in [0.5, 0.6) is 5.75 Å². The van der Waals surface area contributed by atoms with Crippen LogP contribution in [0.1, 0.15) is 78.1 Å². The molecule has 51 heavy (non-hydrogen) atoms. The number of rotatable bonds is 5. The molecule has 2 amide bonds. The zero-order chi connectivity index (χ0) is 35.8. The van der Waals surface area contributed by atoms with Crippen LogP contribution < -0.4 is 10.9 Å². The minimum atomic E-state index is -4.60. The number of ether oxygens (including phenoxy) is 1. The Morgan fingerprint density at radius 3 is 2.73 bits per heavy atom. The highest BCUT2D eigenvalue weighted by Crippen LogP contribution is 2.59. The highest BCUT2D eigenvalue weighted by atomic mass is 35.5. The van der Waals surface area contributed by atoms with Crippen LogP contribution in [0.4, 0.5) is 18.9 Å². The predicted molar refractivity (Wildman–Crippen MR) is 179 cm³/mol. The van der Waals surface area contributed by atoms with Crippen molar-refractivity contribution in [1.29, 1.82) is 0 Å². The number of aromatic hydroxyl groups is 1. The van der Waals surface area contributed by atoms with E-state index in [4.69, 9.17) is 21.3 Å². The summed E-state index contributed by atoms with van der Waals surface area (Å²) in [7, 11) is 0. The summed E-state index contributed by atoms with van der Waals surface area (Å²) >= 11 is 6.17. The fourth-order valence-corrected chi connectivity index (χ4v) is 8.86. The second kappa shape index (κ2) is 12.2. The third-order valence-corrected chi connectivity index (χ3v) is 11.3. The number of pyridine rings is 1. The Hall–Kier alpha value is -4.76. The number of carbonyl (C=O) groups excluding carboxylic acids is 2. The molecule has 266 valence electrons. The second-order valence-electron chi connectivity index (χ2n) is 13.7. The van der Waals surface area contributed by atoms with Gasteiger partial charge in [0.15, 0.2) is 11.5 Å². The summed E-state index contributed by atoms with van der Waals surface area (Å²) in [5, 5.41) is 17.4. The molecule has 8 rings (SSSR count). The fraction of sp³-hybridized carbons (Fsp3) is 0.429. The molecule has 1 saturated heterocycles. The van der Waals surface area contributed by atoms with Gasteiger partial charge in [0.2, 0.25) is 11.7 Å². The van der Waals surface area contributed by atoms with Crippen molar-refractivity contribution in [2.45, 2.75) is 69.1 Å². The maximum Gasteiger partial charge on any atom is 0.416 e. The van der Waals surface area contributed by atoms with Gasteiger partial charge in [-0.25, -0.2) is 4.98 Å². The van der Waals surface area contributed by atoms with Gasteiger partial charge in [0.1, 0.15) is 12.3 Å². The predicted octanol–water partition coefficient (Wildman–Crippen LogP) is 5.18. The lowest BCUT2D eigenvalue weighted by Gasteiger charge is -2.57. The number of carbonyl (C=O) groups is 2. The Morgan fingerprint density at radius 1 is 1.22 bits per heavy atom. The van der Waals surface area contributed by atoms with Gasteiger partial charge in [-0.1, -0.05) is 24.6 Å². The molecule has 4 aromatic rings. The van der Waals surface area contributed by atoms with E-state index in [1.54, 1.807) is 15.5 Å². The number of hydrogen-bond acceptors (Lipinski definition) is 8. The van der Waals surface area contributed by atoms with Crippen molar-refractivity contribution in [3.8, 4) is 5.75 Å². The van der Waals surface area contributed by atoms with Crippen molar-refractivity contribution in [3.05, 3.63) is 86.3 Å². The monoisotopic (exact) mass is 723 g/mol. The number of aromatic nitrogens is 5. The van der Waals surface area contributed by atoms with E-state index in [0.717, 1.165) is 36.6 Å². The Balaban J connectivity index is 1.20. The average Bonchev–Trinajstić information content (AvgIpc) is 3.65. The van der Waals surface area contributed by atoms with Crippen molar-refractivity contribution in [2.24, 2.45) is 5.92 Å². The van der Waals surface area contributed by atoms with E-state index < -0.39 is 23.1 Å². The molecule has 0 unspecified atom stereocenters. The van der Waals surface area contributed by atoms with E-state index in [-0.39, 0.29) is 63.8 Å². The average molecular weight is 724 g/mol. The normalized spacial score (nSPS) is 24.2. The van der Waals surface area contributed by atoms with Crippen molar-refractivity contribution in [2.75, 3.05) is 25.1 Å². The fourth-order valence-electron chi connectivity index (χ4n) is 8.63. The molecule has 4 aliphatic rings. The van der Waals surface area contributed by atoms with Gasteiger partial charge >= 0.3 is 6.18 Å². The van der Waals surface area contributed by atoms with Crippen LogP contribution in [-0.2, 0) is 27.7 Å². The molecular formula is C35H33ClF3N7O5. The maximum absolute atomic E-state index is 14.6. The second-order valence-corrected chi connectivity index (χ2v) is 14.1. The Morgan fingerprint density at radius 2 is 2.04 bits per heavy atom. The Labute approximate surface area is 293 Å². The van der Waals surface area contributed by atoms with Gasteiger partial charge in [0.05, 0.1) is 29.5 Å². The standard InChI is InChI=1S/C35H33ClF3N7O5/c1-18-16-34(10-12-44(24-7-5-21(24)34)32(50)28-25(47)3-2-11-40-28)27-29(18)45(17-26(48)41-23-6-4-20(15-22(23)36)35(37,38)39)33-42-30(43-46(33)31(27)49)19-8-13-51-14-9-19/h2-4,6,8,11,15,18,21,24,47H,5,7,9-10,12-14,16-17H2,1H3,(H,41,48)/t18-,21+,24-,34+/m0/s1. The molecule has 4 atom stereocenters. The van der Waals surface area contributed by atoms with Crippen LogP contribution in [0.25, 0.3) is 11.4 Å². The van der Waals surface area contributed by atoms with Gasteiger partial charge in [-0.3, -0.25) is 14.4 Å². The lowest BCUT2D eigenvalue weighted by Crippen LogP contribution is -2.63. The molecule has 12 nitrogen and oxygen atoms in total. The van der Waals surface area contributed by atoms with Crippen molar-refractivity contribution < 1.29 is 32.6 Å². The van der Waals surface area contributed by atoms with Crippen LogP contribution >= 0.6 is 11.6 Å². The van der Waals surface area contributed by atoms with Crippen LogP contribution in [-0.4, -0.2) is 71.8 Å². The number of likely N-dealkylation sites (tertiary alicyclic amines) is 1. The largest absolute Gasteiger partial charge is 0.505 e. The van der Waals surface area contributed by atoms with Crippen LogP contribution in [0.3, 0.4) is 0 Å². The smallest absolute Gasteiger partial charge is 0.416 e. The molecule has 2 aliphatic heterocycles. The minimum absolute atomic E-state index is 0.00991. The molecule has 1 saturated carbocycles. The number of halogens is 4. The summed E-state index contributed by atoms with van der Waals surface area (Å²) in [5.41, 5.74) is 0.106.